The number of hydrogen-bond donors (Lipinski definition) is 4. The fourth-order valence-corrected chi connectivity index (χ4v) is 4.72. The van der Waals surface area contributed by atoms with Gasteiger partial charge in [-0.3, -0.25) is 9.78 Å². The second-order valence-corrected chi connectivity index (χ2v) is 8.34. The molecule has 2 atom stereocenters. The number of anilines is 2. The van der Waals surface area contributed by atoms with E-state index in [-0.39, 0.29) is 17.6 Å². The van der Waals surface area contributed by atoms with Crippen LogP contribution >= 0.6 is 0 Å². The molecule has 10 heteroatoms. The predicted octanol–water partition coefficient (Wildman–Crippen LogP) is 1.83. The maximum atomic E-state index is 11.5. The summed E-state index contributed by atoms with van der Waals surface area (Å²) < 4.78 is 5.91. The van der Waals surface area contributed by atoms with E-state index in [1.807, 2.05) is 19.2 Å². The Balaban J connectivity index is 1.49. The zero-order chi connectivity index (χ0) is 22.0. The highest BCUT2D eigenvalue weighted by molar-refractivity contribution is 6.14. The average molecular weight is 430 g/mol. The second kappa shape index (κ2) is 6.79. The van der Waals surface area contributed by atoms with Gasteiger partial charge in [0, 0.05) is 37.8 Å². The molecule has 10 nitrogen and oxygen atoms in total. The van der Waals surface area contributed by atoms with Gasteiger partial charge < -0.3 is 31.4 Å². The lowest BCUT2D eigenvalue weighted by atomic mass is 10.1. The van der Waals surface area contributed by atoms with Gasteiger partial charge in [-0.2, -0.15) is 9.97 Å². The number of benzene rings is 1. The Morgan fingerprint density at radius 3 is 2.81 bits per heavy atom. The first-order valence-electron chi connectivity index (χ1n) is 10.5. The molecule has 1 aliphatic heterocycles. The number of nitrogens with one attached hydrogen (secondary N) is 2. The van der Waals surface area contributed by atoms with Crippen LogP contribution in [0.5, 0.6) is 11.8 Å². The van der Waals surface area contributed by atoms with E-state index in [1.54, 1.807) is 0 Å². The van der Waals surface area contributed by atoms with Crippen LogP contribution in [0.25, 0.3) is 21.9 Å². The van der Waals surface area contributed by atoms with Gasteiger partial charge in [-0.25, -0.2) is 0 Å². The minimum Gasteiger partial charge on any atom is -0.423 e. The Morgan fingerprint density at radius 2 is 2.06 bits per heavy atom. The molecule has 2 aliphatic rings. The van der Waals surface area contributed by atoms with Crippen LogP contribution in [-0.2, 0) is 0 Å². The zero-order valence-electron chi connectivity index (χ0n) is 17.4. The van der Waals surface area contributed by atoms with Gasteiger partial charge in [-0.1, -0.05) is 12.1 Å². The molecule has 2 fully saturated rings. The summed E-state index contributed by atoms with van der Waals surface area (Å²) in [5.41, 5.74) is 14.4. The summed E-state index contributed by atoms with van der Waals surface area (Å²) in [7, 11) is 1.88. The topological polar surface area (TPSA) is 148 Å². The smallest absolute Gasteiger partial charge is 0.326 e. The molecule has 6 N–H and O–H groups in total. The molecule has 0 bridgehead atoms. The third-order valence-electron chi connectivity index (χ3n) is 6.48. The number of amides is 1. The van der Waals surface area contributed by atoms with Gasteiger partial charge in [0.25, 0.3) is 0 Å². The lowest BCUT2D eigenvalue weighted by molar-refractivity contribution is 0.0999. The quantitative estimate of drug-likeness (QED) is 0.375. The van der Waals surface area contributed by atoms with Crippen molar-refractivity contribution in [3.63, 3.8) is 0 Å². The number of carbonyl (C=O) groups is 1. The summed E-state index contributed by atoms with van der Waals surface area (Å²) in [5.74, 6) is 1.56. The molecule has 6 rings (SSSR count). The molecule has 0 spiro atoms. The number of primary amides is 1. The van der Waals surface area contributed by atoms with Crippen molar-refractivity contribution in [3.05, 3.63) is 42.2 Å². The van der Waals surface area contributed by atoms with Crippen molar-refractivity contribution in [1.29, 1.82) is 0 Å². The van der Waals surface area contributed by atoms with Gasteiger partial charge in [-0.05, 0) is 24.0 Å². The molecule has 1 saturated heterocycles. The van der Waals surface area contributed by atoms with E-state index in [0.29, 0.717) is 23.2 Å². The first-order chi connectivity index (χ1) is 15.5. The highest BCUT2D eigenvalue weighted by atomic mass is 16.5. The van der Waals surface area contributed by atoms with Crippen molar-refractivity contribution < 1.29 is 9.53 Å². The van der Waals surface area contributed by atoms with Gasteiger partial charge in [0.1, 0.15) is 17.2 Å². The molecule has 3 aromatic heterocycles. The molecule has 0 radical (unpaired) electrons. The standard InChI is InChI=1S/C22H22N8O2/c1-25-15-4-2-3-12-16-20(27-18(12)15)28-22(32-11-5-10(19(24)31)6-26-7-11)29-21(16)30-8-13-14(9-30)17(13)23/h2-7,13-14,17,25H,8-9,23H2,1H3,(H2,24,31)(H,27,28,29). The van der Waals surface area contributed by atoms with Crippen molar-refractivity contribution in [2.75, 3.05) is 30.4 Å². The molecule has 1 saturated carbocycles. The number of rotatable bonds is 5. The third kappa shape index (κ3) is 2.83. The summed E-state index contributed by atoms with van der Waals surface area (Å²) in [6.45, 7) is 1.71. The van der Waals surface area contributed by atoms with Crippen LogP contribution < -0.4 is 26.4 Å². The number of carbonyl (C=O) groups excluding carboxylic acids is 1. The highest BCUT2D eigenvalue weighted by Crippen LogP contribution is 2.47. The molecule has 32 heavy (non-hydrogen) atoms. The second-order valence-electron chi connectivity index (χ2n) is 8.34. The van der Waals surface area contributed by atoms with Crippen LogP contribution in [0.15, 0.2) is 36.7 Å². The zero-order valence-corrected chi connectivity index (χ0v) is 17.4. The van der Waals surface area contributed by atoms with E-state index >= 15 is 0 Å². The van der Waals surface area contributed by atoms with Crippen LogP contribution in [0.2, 0.25) is 0 Å². The minimum atomic E-state index is -0.581. The number of nitrogens with two attached hydrogens (primary N) is 2. The molecule has 1 aromatic carbocycles. The van der Waals surface area contributed by atoms with Crippen LogP contribution in [-0.4, -0.2) is 52.0 Å². The number of fused-ring (bicyclic) bond motifs is 4. The van der Waals surface area contributed by atoms with Gasteiger partial charge in [-0.15, -0.1) is 0 Å². The van der Waals surface area contributed by atoms with E-state index in [0.717, 1.165) is 40.9 Å². The van der Waals surface area contributed by atoms with Crippen molar-refractivity contribution >= 4 is 39.3 Å². The van der Waals surface area contributed by atoms with E-state index in [4.69, 9.17) is 21.2 Å². The molecule has 1 aliphatic carbocycles. The maximum Gasteiger partial charge on any atom is 0.326 e. The molecular formula is C22H22N8O2. The van der Waals surface area contributed by atoms with Gasteiger partial charge in [0.15, 0.2) is 0 Å². The molecule has 2 unspecified atom stereocenters. The van der Waals surface area contributed by atoms with Crippen molar-refractivity contribution in [3.8, 4) is 11.8 Å². The van der Waals surface area contributed by atoms with E-state index in [1.165, 1.54) is 18.5 Å². The average Bonchev–Trinajstić information content (AvgIpc) is 3.14. The fourth-order valence-electron chi connectivity index (χ4n) is 4.72. The van der Waals surface area contributed by atoms with Crippen LogP contribution in [0.4, 0.5) is 11.5 Å². The van der Waals surface area contributed by atoms with Gasteiger partial charge in [0.05, 0.1) is 28.4 Å². The van der Waals surface area contributed by atoms with Gasteiger partial charge in [0.2, 0.25) is 5.91 Å². The van der Waals surface area contributed by atoms with Crippen LogP contribution in [0, 0.1) is 11.8 Å². The molecular weight excluding hydrogens is 408 g/mol. The monoisotopic (exact) mass is 430 g/mol. The number of piperidine rings is 1. The Bertz CT molecular complexity index is 1370. The maximum absolute atomic E-state index is 11.5. The summed E-state index contributed by atoms with van der Waals surface area (Å²) in [4.78, 5) is 30.6. The SMILES string of the molecule is CNc1cccc2c1[nH]c1nc(Oc3cncc(C(N)=O)c3)nc(N3CC4C(N)C4C3)c12. The fraction of sp³-hybridized carbons (Fsp3) is 0.273. The number of aromatic amines is 1. The minimum absolute atomic E-state index is 0.165. The first-order valence-corrected chi connectivity index (χ1v) is 10.5. The number of pyridine rings is 1. The highest BCUT2D eigenvalue weighted by Gasteiger charge is 2.54. The number of aromatic nitrogens is 4. The summed E-state index contributed by atoms with van der Waals surface area (Å²) in [5, 5.41) is 5.20. The first kappa shape index (κ1) is 18.8. The summed E-state index contributed by atoms with van der Waals surface area (Å²) >= 11 is 0. The Kier molecular flexibility index (Phi) is 3.99. The Morgan fingerprint density at radius 1 is 1.25 bits per heavy atom. The van der Waals surface area contributed by atoms with Gasteiger partial charge >= 0.3 is 6.01 Å². The van der Waals surface area contributed by atoms with Crippen molar-refractivity contribution in [1.82, 2.24) is 19.9 Å². The Hall–Kier alpha value is -3.92. The van der Waals surface area contributed by atoms with E-state index < -0.39 is 5.91 Å². The number of hydrogen-bond acceptors (Lipinski definition) is 8. The summed E-state index contributed by atoms with van der Waals surface area (Å²) in [6.07, 6.45) is 2.88. The lowest BCUT2D eigenvalue weighted by Gasteiger charge is -2.21. The molecule has 1 amide bonds. The molecule has 4 aromatic rings. The van der Waals surface area contributed by atoms with Crippen LogP contribution in [0.3, 0.4) is 0 Å². The third-order valence-corrected chi connectivity index (χ3v) is 6.48. The van der Waals surface area contributed by atoms with E-state index in [9.17, 15) is 4.79 Å². The number of H-pyrrole nitrogens is 1. The summed E-state index contributed by atoms with van der Waals surface area (Å²) in [6, 6.07) is 8.04. The largest absolute Gasteiger partial charge is 0.423 e. The number of para-hydroxylation sites is 1. The van der Waals surface area contributed by atoms with Crippen molar-refractivity contribution in [2.45, 2.75) is 6.04 Å². The molecule has 162 valence electrons. The lowest BCUT2D eigenvalue weighted by Crippen LogP contribution is -2.29. The van der Waals surface area contributed by atoms with Crippen LogP contribution in [0.1, 0.15) is 10.4 Å². The predicted molar refractivity (Wildman–Crippen MR) is 121 cm³/mol. The van der Waals surface area contributed by atoms with E-state index in [2.05, 4.69) is 31.2 Å². The number of ether oxygens (including phenoxy) is 1. The molecule has 4 heterocycles. The number of nitrogens with zero attached hydrogens (tertiary/aromatic N) is 4. The Labute approximate surface area is 183 Å². The van der Waals surface area contributed by atoms with Crippen molar-refractivity contribution in [2.24, 2.45) is 23.3 Å². The normalized spacial score (nSPS) is 21.7.